The van der Waals surface area contributed by atoms with E-state index >= 15 is 0 Å². The summed E-state index contributed by atoms with van der Waals surface area (Å²) < 4.78 is 45.6. The zero-order chi connectivity index (χ0) is 22.6. The number of halogens is 1. The molecule has 31 heavy (non-hydrogen) atoms. The minimum absolute atomic E-state index is 0.0793. The molecular weight excluding hydrogens is 429 g/mol. The average Bonchev–Trinajstić information content (AvgIpc) is 2.73. The van der Waals surface area contributed by atoms with Gasteiger partial charge in [0, 0.05) is 13.1 Å². The molecule has 1 aliphatic heterocycles. The van der Waals surface area contributed by atoms with Gasteiger partial charge in [-0.25, -0.2) is 22.6 Å². The summed E-state index contributed by atoms with van der Waals surface area (Å²) in [5.74, 6) is -2.63. The van der Waals surface area contributed by atoms with Crippen LogP contribution < -0.4 is 9.62 Å². The quantitative estimate of drug-likeness (QED) is 0.615. The third kappa shape index (κ3) is 5.29. The third-order valence-corrected chi connectivity index (χ3v) is 6.18. The van der Waals surface area contributed by atoms with E-state index in [1.165, 1.54) is 18.3 Å². The number of nitrogens with one attached hydrogen (secondary N) is 1. The Morgan fingerprint density at radius 2 is 2.13 bits per heavy atom. The Kier molecular flexibility index (Phi) is 6.74. The summed E-state index contributed by atoms with van der Waals surface area (Å²) in [6.45, 7) is 2.72. The van der Waals surface area contributed by atoms with Crippen LogP contribution >= 0.6 is 0 Å². The number of aromatic nitrogens is 1. The number of ether oxygens (including phenoxy) is 1. The molecule has 2 heterocycles. The molecule has 0 saturated carbocycles. The highest BCUT2D eigenvalue weighted by atomic mass is 32.2. The van der Waals surface area contributed by atoms with Crippen LogP contribution in [0.5, 0.6) is 0 Å². The van der Waals surface area contributed by atoms with E-state index in [1.807, 2.05) is 0 Å². The predicted molar refractivity (Wildman–Crippen MR) is 110 cm³/mol. The van der Waals surface area contributed by atoms with E-state index in [9.17, 15) is 27.5 Å². The number of carboxylic acid groups (broad SMARTS) is 1. The van der Waals surface area contributed by atoms with Crippen LogP contribution in [0.1, 0.15) is 30.1 Å². The first-order valence-corrected chi connectivity index (χ1v) is 11.1. The number of carboxylic acids is 1. The number of benzene rings is 1. The molecule has 1 aliphatic rings. The molecule has 1 fully saturated rings. The number of anilines is 2. The highest BCUT2D eigenvalue weighted by Crippen LogP contribution is 2.28. The highest BCUT2D eigenvalue weighted by molar-refractivity contribution is 7.92. The van der Waals surface area contributed by atoms with Crippen LogP contribution in [-0.4, -0.2) is 50.1 Å². The summed E-state index contributed by atoms with van der Waals surface area (Å²) in [7, 11) is -4.14. The number of esters is 1. The maximum Gasteiger partial charge on any atom is 0.339 e. The van der Waals surface area contributed by atoms with E-state index in [4.69, 9.17) is 4.74 Å². The Bertz CT molecular complexity index is 1090. The number of hydrogen-bond acceptors (Lipinski definition) is 7. The van der Waals surface area contributed by atoms with E-state index < -0.39 is 27.7 Å². The lowest BCUT2D eigenvalue weighted by Gasteiger charge is -2.33. The number of pyridine rings is 1. The van der Waals surface area contributed by atoms with Gasteiger partial charge in [0.15, 0.2) is 0 Å². The molecule has 9 nitrogen and oxygen atoms in total. The zero-order valence-electron chi connectivity index (χ0n) is 16.7. The van der Waals surface area contributed by atoms with Gasteiger partial charge in [-0.2, -0.15) is 0 Å². The van der Waals surface area contributed by atoms with Crippen molar-refractivity contribution < 1.29 is 32.2 Å². The van der Waals surface area contributed by atoms with Crippen molar-refractivity contribution in [3.63, 3.8) is 0 Å². The van der Waals surface area contributed by atoms with Crippen LogP contribution in [0.15, 0.2) is 41.4 Å². The Morgan fingerprint density at radius 3 is 2.81 bits per heavy atom. The summed E-state index contributed by atoms with van der Waals surface area (Å²) in [5, 5.41) is 9.65. The lowest BCUT2D eigenvalue weighted by atomic mass is 9.98. The molecule has 0 aliphatic carbocycles. The van der Waals surface area contributed by atoms with E-state index in [0.29, 0.717) is 19.4 Å². The molecule has 0 spiro atoms. The van der Waals surface area contributed by atoms with Crippen molar-refractivity contribution in [3.05, 3.63) is 47.9 Å². The number of piperidine rings is 1. The number of carbonyl (C=O) groups excluding carboxylic acids is 1. The molecule has 1 aromatic carbocycles. The molecule has 1 atom stereocenters. The second kappa shape index (κ2) is 9.29. The number of nitrogens with zero attached hydrogens (tertiary/aromatic N) is 2. The lowest BCUT2D eigenvalue weighted by Crippen LogP contribution is -2.40. The summed E-state index contributed by atoms with van der Waals surface area (Å²) in [5.41, 5.74) is -0.298. The van der Waals surface area contributed by atoms with Crippen LogP contribution in [0.25, 0.3) is 0 Å². The normalized spacial score (nSPS) is 16.6. The Hall–Kier alpha value is -3.21. The first-order chi connectivity index (χ1) is 14.7. The Balaban J connectivity index is 1.86. The lowest BCUT2D eigenvalue weighted by molar-refractivity contribution is -0.148. The molecule has 2 N–H and O–H groups in total. The van der Waals surface area contributed by atoms with E-state index in [2.05, 4.69) is 9.71 Å². The molecule has 1 saturated heterocycles. The number of rotatable bonds is 7. The van der Waals surface area contributed by atoms with Gasteiger partial charge in [-0.1, -0.05) is 6.07 Å². The molecule has 166 valence electrons. The SMILES string of the molecule is CCOC(=O)[C@@H]1CCCN(c2ncc(NS(=O)(=O)c3cccc(F)c3)cc2C(=O)O)C1. The smallest absolute Gasteiger partial charge is 0.339 e. The van der Waals surface area contributed by atoms with Crippen LogP contribution in [-0.2, 0) is 19.6 Å². The molecular formula is C20H22FN3O6S. The highest BCUT2D eigenvalue weighted by Gasteiger charge is 2.30. The van der Waals surface area contributed by atoms with Crippen LogP contribution in [0.2, 0.25) is 0 Å². The maximum atomic E-state index is 13.4. The second-order valence-corrected chi connectivity index (χ2v) is 8.68. The minimum Gasteiger partial charge on any atom is -0.478 e. The van der Waals surface area contributed by atoms with Crippen LogP contribution in [0, 0.1) is 11.7 Å². The van der Waals surface area contributed by atoms with Crippen molar-refractivity contribution in [3.8, 4) is 0 Å². The summed E-state index contributed by atoms with van der Waals surface area (Å²) in [6, 6.07) is 5.58. The van der Waals surface area contributed by atoms with Crippen molar-refractivity contribution in [1.82, 2.24) is 4.98 Å². The molecule has 0 amide bonds. The molecule has 0 radical (unpaired) electrons. The number of aromatic carboxylic acids is 1. The van der Waals surface area contributed by atoms with Crippen molar-refractivity contribution in [1.29, 1.82) is 0 Å². The largest absolute Gasteiger partial charge is 0.478 e. The number of hydrogen-bond donors (Lipinski definition) is 2. The molecule has 0 bridgehead atoms. The van der Waals surface area contributed by atoms with Gasteiger partial charge in [0.05, 0.1) is 29.3 Å². The molecule has 3 rings (SSSR count). The van der Waals surface area contributed by atoms with Crippen molar-refractivity contribution in [2.45, 2.75) is 24.7 Å². The van der Waals surface area contributed by atoms with Gasteiger partial charge >= 0.3 is 11.9 Å². The summed E-state index contributed by atoms with van der Waals surface area (Å²) in [6.07, 6.45) is 2.47. The van der Waals surface area contributed by atoms with E-state index in [0.717, 1.165) is 18.2 Å². The predicted octanol–water partition coefficient (Wildman–Crippen LogP) is 2.50. The molecule has 0 unspecified atom stereocenters. The second-order valence-electron chi connectivity index (χ2n) is 7.00. The third-order valence-electron chi connectivity index (χ3n) is 4.80. The summed E-state index contributed by atoms with van der Waals surface area (Å²) in [4.78, 5) is 29.4. The van der Waals surface area contributed by atoms with Gasteiger partial charge in [-0.3, -0.25) is 9.52 Å². The Morgan fingerprint density at radius 1 is 1.35 bits per heavy atom. The number of sulfonamides is 1. The van der Waals surface area contributed by atoms with E-state index in [1.54, 1.807) is 11.8 Å². The van der Waals surface area contributed by atoms with Crippen molar-refractivity contribution in [2.24, 2.45) is 5.92 Å². The summed E-state index contributed by atoms with van der Waals surface area (Å²) >= 11 is 0. The topological polar surface area (TPSA) is 126 Å². The molecule has 2 aromatic rings. The number of carbonyl (C=O) groups is 2. The van der Waals surface area contributed by atoms with Gasteiger partial charge in [0.1, 0.15) is 17.2 Å². The Labute approximate surface area is 178 Å². The van der Waals surface area contributed by atoms with E-state index in [-0.39, 0.29) is 41.1 Å². The molecule has 1 aromatic heterocycles. The fourth-order valence-electron chi connectivity index (χ4n) is 3.39. The van der Waals surface area contributed by atoms with Gasteiger partial charge in [-0.05, 0) is 44.0 Å². The van der Waals surface area contributed by atoms with Gasteiger partial charge in [0.25, 0.3) is 10.0 Å². The maximum absolute atomic E-state index is 13.4. The first-order valence-electron chi connectivity index (χ1n) is 9.64. The zero-order valence-corrected chi connectivity index (χ0v) is 17.6. The monoisotopic (exact) mass is 451 g/mol. The minimum atomic E-state index is -4.14. The fraction of sp³-hybridized carbons (Fsp3) is 0.350. The van der Waals surface area contributed by atoms with Gasteiger partial charge in [-0.15, -0.1) is 0 Å². The van der Waals surface area contributed by atoms with Gasteiger partial charge < -0.3 is 14.7 Å². The fourth-order valence-corrected chi connectivity index (χ4v) is 4.46. The van der Waals surface area contributed by atoms with Crippen LogP contribution in [0.4, 0.5) is 15.9 Å². The molecule has 11 heteroatoms. The van der Waals surface area contributed by atoms with Crippen molar-refractivity contribution in [2.75, 3.05) is 29.3 Å². The van der Waals surface area contributed by atoms with Gasteiger partial charge in [0.2, 0.25) is 0 Å². The average molecular weight is 451 g/mol. The first kappa shape index (κ1) is 22.5. The van der Waals surface area contributed by atoms with Crippen LogP contribution in [0.3, 0.4) is 0 Å². The standard InChI is InChI=1S/C20H22FN3O6S/c1-2-30-20(27)13-5-4-8-24(12-13)18-17(19(25)26)10-15(11-22-18)23-31(28,29)16-7-3-6-14(21)9-16/h3,6-7,9-11,13,23H,2,4-5,8,12H2,1H3,(H,25,26)/t13-/m1/s1. The van der Waals surface area contributed by atoms with Crippen molar-refractivity contribution >= 4 is 33.5 Å².